The third-order valence-corrected chi connectivity index (χ3v) is 5.99. The van der Waals surface area contributed by atoms with Crippen LogP contribution in [-0.4, -0.2) is 43.5 Å². The van der Waals surface area contributed by atoms with Crippen LogP contribution >= 0.6 is 11.8 Å². The number of H-pyrrole nitrogens is 1. The summed E-state index contributed by atoms with van der Waals surface area (Å²) in [6.45, 7) is 5.99. The highest BCUT2D eigenvalue weighted by Crippen LogP contribution is 2.33. The molecule has 3 N–H and O–H groups in total. The molecule has 8 nitrogen and oxygen atoms in total. The van der Waals surface area contributed by atoms with Gasteiger partial charge in [0.25, 0.3) is 0 Å². The highest BCUT2D eigenvalue weighted by atomic mass is 32.2. The zero-order valence-electron chi connectivity index (χ0n) is 18.0. The molecule has 9 heteroatoms. The topological polar surface area (TPSA) is 105 Å². The molecule has 0 radical (unpaired) electrons. The molecule has 164 valence electrons. The molecule has 0 aliphatic rings. The van der Waals surface area contributed by atoms with E-state index < -0.39 is 17.2 Å². The lowest BCUT2D eigenvalue weighted by Gasteiger charge is -2.14. The molecule has 0 saturated carbocycles. The molecule has 2 aromatic carbocycles. The van der Waals surface area contributed by atoms with Crippen LogP contribution in [0.2, 0.25) is 0 Å². The van der Waals surface area contributed by atoms with Gasteiger partial charge in [-0.15, -0.1) is 10.2 Å². The first-order valence-electron chi connectivity index (χ1n) is 10.3. The summed E-state index contributed by atoms with van der Waals surface area (Å²) in [4.78, 5) is 27.5. The number of urea groups is 1. The maximum absolute atomic E-state index is 12.5. The second-order valence-corrected chi connectivity index (χ2v) is 8.65. The van der Waals surface area contributed by atoms with E-state index in [4.69, 9.17) is 0 Å². The molecule has 1 atom stereocenters. The quantitative estimate of drug-likeness (QED) is 0.386. The SMILES string of the molecule is CCNC(=O)NC(=O)C(C)Sc1nnc(-c2c[nH]c3ccccc23)n1-c1cccc(C)c1. The van der Waals surface area contributed by atoms with E-state index >= 15 is 0 Å². The second kappa shape index (κ2) is 9.27. The van der Waals surface area contributed by atoms with Gasteiger partial charge >= 0.3 is 6.03 Å². The van der Waals surface area contributed by atoms with E-state index in [2.05, 4.69) is 25.8 Å². The molecular formula is C23H24N6O2S. The molecular weight excluding hydrogens is 424 g/mol. The van der Waals surface area contributed by atoms with Gasteiger partial charge < -0.3 is 10.3 Å². The fourth-order valence-corrected chi connectivity index (χ4v) is 4.27. The van der Waals surface area contributed by atoms with Crippen LogP contribution in [0.5, 0.6) is 0 Å². The van der Waals surface area contributed by atoms with E-state index in [0.717, 1.165) is 27.7 Å². The Bertz CT molecular complexity index is 1280. The van der Waals surface area contributed by atoms with Crippen LogP contribution in [0, 0.1) is 6.92 Å². The lowest BCUT2D eigenvalue weighted by molar-refractivity contribution is -0.119. The number of aromatic nitrogens is 4. The Labute approximate surface area is 189 Å². The smallest absolute Gasteiger partial charge is 0.321 e. The van der Waals surface area contributed by atoms with Crippen molar-refractivity contribution in [2.24, 2.45) is 0 Å². The highest BCUT2D eigenvalue weighted by Gasteiger charge is 2.24. The number of aryl methyl sites for hydroxylation is 1. The van der Waals surface area contributed by atoms with Crippen molar-refractivity contribution in [2.75, 3.05) is 6.54 Å². The number of benzene rings is 2. The molecule has 2 aromatic heterocycles. The molecule has 3 amide bonds. The summed E-state index contributed by atoms with van der Waals surface area (Å²) < 4.78 is 1.95. The van der Waals surface area contributed by atoms with Gasteiger partial charge in [0.05, 0.1) is 5.25 Å². The molecule has 2 heterocycles. The number of para-hydroxylation sites is 1. The van der Waals surface area contributed by atoms with Crippen molar-refractivity contribution in [1.29, 1.82) is 0 Å². The number of rotatable bonds is 6. The average molecular weight is 449 g/mol. The molecule has 0 aliphatic heterocycles. The predicted molar refractivity (Wildman–Crippen MR) is 126 cm³/mol. The third-order valence-electron chi connectivity index (χ3n) is 4.95. The van der Waals surface area contributed by atoms with Gasteiger partial charge in [-0.1, -0.05) is 42.1 Å². The standard InChI is InChI=1S/C23H24N6O2S/c1-4-24-22(31)26-21(30)15(3)32-23-28-27-20(29(23)16-9-7-8-14(2)12-16)18-13-25-19-11-6-5-10-17(18)19/h5-13,15,25H,4H2,1-3H3,(H2,24,26,30,31). The summed E-state index contributed by atoms with van der Waals surface area (Å²) in [7, 11) is 0. The zero-order valence-corrected chi connectivity index (χ0v) is 18.9. The van der Waals surface area contributed by atoms with Gasteiger partial charge in [0, 0.05) is 34.9 Å². The molecule has 0 bridgehead atoms. The first kappa shape index (κ1) is 21.6. The summed E-state index contributed by atoms with van der Waals surface area (Å²) in [5.41, 5.74) is 3.92. The van der Waals surface area contributed by atoms with Gasteiger partial charge in [0.2, 0.25) is 5.91 Å². The minimum absolute atomic E-state index is 0.395. The fraction of sp³-hybridized carbons (Fsp3) is 0.217. The summed E-state index contributed by atoms with van der Waals surface area (Å²) in [6, 6.07) is 15.5. The molecule has 4 aromatic rings. The average Bonchev–Trinajstić information content (AvgIpc) is 3.37. The first-order chi connectivity index (χ1) is 15.5. The lowest BCUT2D eigenvalue weighted by atomic mass is 10.1. The van der Waals surface area contributed by atoms with Crippen molar-refractivity contribution in [3.8, 4) is 17.1 Å². The number of hydrogen-bond acceptors (Lipinski definition) is 5. The van der Waals surface area contributed by atoms with E-state index in [1.54, 1.807) is 13.8 Å². The largest absolute Gasteiger partial charge is 0.360 e. The van der Waals surface area contributed by atoms with Gasteiger partial charge in [-0.2, -0.15) is 0 Å². The third kappa shape index (κ3) is 4.38. The number of fused-ring (bicyclic) bond motifs is 1. The van der Waals surface area contributed by atoms with Gasteiger partial charge in [0.1, 0.15) is 0 Å². The Kier molecular flexibility index (Phi) is 6.27. The number of aromatic amines is 1. The molecule has 0 spiro atoms. The lowest BCUT2D eigenvalue weighted by Crippen LogP contribution is -2.42. The summed E-state index contributed by atoms with van der Waals surface area (Å²) in [5.74, 6) is 0.278. The van der Waals surface area contributed by atoms with Gasteiger partial charge in [0.15, 0.2) is 11.0 Å². The van der Waals surface area contributed by atoms with Crippen molar-refractivity contribution < 1.29 is 9.59 Å². The Morgan fingerprint density at radius 3 is 2.75 bits per heavy atom. The summed E-state index contributed by atoms with van der Waals surface area (Å²) >= 11 is 1.25. The fourth-order valence-electron chi connectivity index (χ4n) is 3.41. The van der Waals surface area contributed by atoms with Crippen molar-refractivity contribution in [3.63, 3.8) is 0 Å². The van der Waals surface area contributed by atoms with Crippen LogP contribution in [-0.2, 0) is 4.79 Å². The van der Waals surface area contributed by atoms with E-state index in [-0.39, 0.29) is 0 Å². The normalized spacial score (nSPS) is 12.0. The summed E-state index contributed by atoms with van der Waals surface area (Å²) in [5, 5.41) is 14.8. The minimum Gasteiger partial charge on any atom is -0.360 e. The van der Waals surface area contributed by atoms with Gasteiger partial charge in [-0.3, -0.25) is 14.7 Å². The van der Waals surface area contributed by atoms with E-state index in [0.29, 0.717) is 17.5 Å². The van der Waals surface area contributed by atoms with Crippen molar-refractivity contribution >= 4 is 34.6 Å². The van der Waals surface area contributed by atoms with Crippen LogP contribution in [0.3, 0.4) is 0 Å². The Morgan fingerprint density at radius 2 is 1.97 bits per heavy atom. The van der Waals surface area contributed by atoms with E-state index in [1.165, 1.54) is 11.8 Å². The molecule has 32 heavy (non-hydrogen) atoms. The number of carbonyl (C=O) groups is 2. The van der Waals surface area contributed by atoms with Crippen LogP contribution in [0.4, 0.5) is 4.79 Å². The molecule has 0 aliphatic carbocycles. The van der Waals surface area contributed by atoms with Crippen LogP contribution < -0.4 is 10.6 Å². The van der Waals surface area contributed by atoms with Crippen molar-refractivity contribution in [3.05, 3.63) is 60.3 Å². The Balaban J connectivity index is 1.74. The van der Waals surface area contributed by atoms with Gasteiger partial charge in [-0.05, 0) is 44.5 Å². The van der Waals surface area contributed by atoms with Crippen LogP contribution in [0.25, 0.3) is 28.0 Å². The van der Waals surface area contributed by atoms with Crippen molar-refractivity contribution in [2.45, 2.75) is 31.2 Å². The maximum atomic E-state index is 12.5. The molecule has 0 saturated heterocycles. The summed E-state index contributed by atoms with van der Waals surface area (Å²) in [6.07, 6.45) is 1.92. The predicted octanol–water partition coefficient (Wildman–Crippen LogP) is 4.05. The number of thioether (sulfide) groups is 1. The number of nitrogens with zero attached hydrogens (tertiary/aromatic N) is 3. The van der Waals surface area contributed by atoms with Crippen molar-refractivity contribution in [1.82, 2.24) is 30.4 Å². The van der Waals surface area contributed by atoms with E-state index in [1.807, 2.05) is 66.2 Å². The minimum atomic E-state index is -0.554. The number of carbonyl (C=O) groups excluding carboxylic acids is 2. The molecule has 1 unspecified atom stereocenters. The number of hydrogen-bond donors (Lipinski definition) is 3. The first-order valence-corrected chi connectivity index (χ1v) is 11.2. The highest BCUT2D eigenvalue weighted by molar-refractivity contribution is 8.00. The number of nitrogens with one attached hydrogen (secondary N) is 3. The monoisotopic (exact) mass is 448 g/mol. The Hall–Kier alpha value is -3.59. The van der Waals surface area contributed by atoms with E-state index in [9.17, 15) is 9.59 Å². The second-order valence-electron chi connectivity index (χ2n) is 7.34. The Morgan fingerprint density at radius 1 is 1.16 bits per heavy atom. The van der Waals surface area contributed by atoms with Crippen LogP contribution in [0.1, 0.15) is 19.4 Å². The van der Waals surface area contributed by atoms with Crippen LogP contribution in [0.15, 0.2) is 59.9 Å². The number of amides is 3. The molecule has 0 fully saturated rings. The number of imide groups is 1. The zero-order chi connectivity index (χ0) is 22.7. The molecule has 4 rings (SSSR count). The maximum Gasteiger partial charge on any atom is 0.321 e. The van der Waals surface area contributed by atoms with Gasteiger partial charge in [-0.25, -0.2) is 4.79 Å².